The summed E-state index contributed by atoms with van der Waals surface area (Å²) in [5.41, 5.74) is 1.44. The third kappa shape index (κ3) is 3.65. The van der Waals surface area contributed by atoms with Gasteiger partial charge in [-0.25, -0.2) is 8.42 Å². The molecule has 1 heterocycles. The van der Waals surface area contributed by atoms with Gasteiger partial charge < -0.3 is 4.90 Å². The summed E-state index contributed by atoms with van der Waals surface area (Å²) in [6, 6.07) is 11.8. The van der Waals surface area contributed by atoms with Gasteiger partial charge in [0, 0.05) is 28.8 Å². The highest BCUT2D eigenvalue weighted by Crippen LogP contribution is 2.26. The van der Waals surface area contributed by atoms with Gasteiger partial charge in [0.05, 0.1) is 16.7 Å². The lowest BCUT2D eigenvalue weighted by Crippen LogP contribution is -2.41. The van der Waals surface area contributed by atoms with Crippen LogP contribution in [-0.2, 0) is 9.84 Å². The molecule has 0 saturated heterocycles. The molecular weight excluding hydrogens is 356 g/mol. The number of aryl methyl sites for hydroxylation is 1. The molecule has 0 N–H and O–H groups in total. The summed E-state index contributed by atoms with van der Waals surface area (Å²) < 4.78 is 23.6. The summed E-state index contributed by atoms with van der Waals surface area (Å²) in [5.74, 6) is -0.717. The van der Waals surface area contributed by atoms with Gasteiger partial charge in [-0.1, -0.05) is 23.8 Å². The average Bonchev–Trinajstić information content (AvgIpc) is 2.96. The van der Waals surface area contributed by atoms with Gasteiger partial charge in [-0.2, -0.15) is 0 Å². The summed E-state index contributed by atoms with van der Waals surface area (Å²) in [5, 5.41) is 12.1. The lowest BCUT2D eigenvalue weighted by atomic mass is 10.1. The van der Waals surface area contributed by atoms with Gasteiger partial charge in [-0.15, -0.1) is 0 Å². The maximum absolute atomic E-state index is 13.1. The Hall–Kier alpha value is -3.00. The molecule has 0 radical (unpaired) electrons. The third-order valence-electron chi connectivity index (χ3n) is 4.08. The van der Waals surface area contributed by atoms with E-state index in [0.29, 0.717) is 5.69 Å². The van der Waals surface area contributed by atoms with Crippen LogP contribution in [0.2, 0.25) is 0 Å². The molecule has 0 bridgehead atoms. The van der Waals surface area contributed by atoms with E-state index in [4.69, 9.17) is 0 Å². The number of hydrogen-bond acceptors (Lipinski definition) is 5. The Balaban J connectivity index is 2.04. The van der Waals surface area contributed by atoms with Crippen LogP contribution in [0.5, 0.6) is 0 Å². The Bertz CT molecular complexity index is 996. The van der Waals surface area contributed by atoms with Crippen molar-refractivity contribution in [2.75, 3.05) is 10.7 Å². The van der Waals surface area contributed by atoms with Gasteiger partial charge in [-0.05, 0) is 31.2 Å². The van der Waals surface area contributed by atoms with Crippen LogP contribution in [0.1, 0.15) is 15.9 Å². The first-order chi connectivity index (χ1) is 12.3. The van der Waals surface area contributed by atoms with E-state index >= 15 is 0 Å². The number of carbonyl (C=O) groups excluding carboxylic acids is 1. The molecule has 2 aromatic carbocycles. The second kappa shape index (κ2) is 6.72. The predicted octanol–water partition coefficient (Wildman–Crippen LogP) is 2.86. The van der Waals surface area contributed by atoms with Crippen molar-refractivity contribution in [2.24, 2.45) is 0 Å². The molecule has 3 rings (SSSR count). The van der Waals surface area contributed by atoms with Crippen molar-refractivity contribution >= 4 is 27.1 Å². The van der Waals surface area contributed by atoms with Crippen LogP contribution in [0.4, 0.5) is 11.4 Å². The van der Waals surface area contributed by atoms with Gasteiger partial charge in [0.15, 0.2) is 9.84 Å². The first kappa shape index (κ1) is 17.8. The highest BCUT2D eigenvalue weighted by Gasteiger charge is 2.32. The van der Waals surface area contributed by atoms with E-state index in [1.54, 1.807) is 12.1 Å². The van der Waals surface area contributed by atoms with E-state index in [1.165, 1.54) is 35.2 Å². The smallest absolute Gasteiger partial charge is 0.270 e. The van der Waals surface area contributed by atoms with Crippen LogP contribution < -0.4 is 4.90 Å². The van der Waals surface area contributed by atoms with E-state index < -0.39 is 26.7 Å². The molecule has 0 unspecified atom stereocenters. The van der Waals surface area contributed by atoms with Crippen LogP contribution in [0, 0.1) is 17.0 Å². The minimum atomic E-state index is -3.38. The topological polar surface area (TPSA) is 97.6 Å². The summed E-state index contributed by atoms with van der Waals surface area (Å²) >= 11 is 0. The maximum atomic E-state index is 13.1. The summed E-state index contributed by atoms with van der Waals surface area (Å²) in [4.78, 5) is 24.8. The zero-order chi connectivity index (χ0) is 18.9. The average molecular weight is 372 g/mol. The fourth-order valence-corrected chi connectivity index (χ4v) is 4.04. The van der Waals surface area contributed by atoms with Crippen molar-refractivity contribution in [3.05, 3.63) is 81.3 Å². The summed E-state index contributed by atoms with van der Waals surface area (Å²) in [6.07, 6.45) is 1.46. The second-order valence-electron chi connectivity index (χ2n) is 6.04. The van der Waals surface area contributed by atoms with Gasteiger partial charge in [0.25, 0.3) is 11.6 Å². The first-order valence-electron chi connectivity index (χ1n) is 7.82. The van der Waals surface area contributed by atoms with E-state index in [1.807, 2.05) is 19.1 Å². The fraction of sp³-hybridized carbons (Fsp3) is 0.167. The molecule has 1 aliphatic rings. The Kier molecular flexibility index (Phi) is 4.60. The van der Waals surface area contributed by atoms with Crippen molar-refractivity contribution in [3.63, 3.8) is 0 Å². The molecule has 1 amide bonds. The quantitative estimate of drug-likeness (QED) is 0.607. The minimum absolute atomic E-state index is 0.123. The van der Waals surface area contributed by atoms with Gasteiger partial charge in [-0.3, -0.25) is 14.9 Å². The molecule has 0 aliphatic carbocycles. The van der Waals surface area contributed by atoms with E-state index in [2.05, 4.69) is 0 Å². The Morgan fingerprint density at radius 1 is 1.19 bits per heavy atom. The molecule has 7 nitrogen and oxygen atoms in total. The number of rotatable bonds is 4. The SMILES string of the molecule is Cc1ccc(N(C(=O)c2cccc([N+](=O)[O-])c2)[C@@H]2C=CS(=O)(=O)C2)cc1. The van der Waals surface area contributed by atoms with Crippen molar-refractivity contribution in [2.45, 2.75) is 13.0 Å². The van der Waals surface area contributed by atoms with Gasteiger partial charge in [0.1, 0.15) is 0 Å². The number of amides is 1. The molecular formula is C18H16N2O5S. The molecule has 0 spiro atoms. The fourth-order valence-electron chi connectivity index (χ4n) is 2.78. The van der Waals surface area contributed by atoms with Gasteiger partial charge >= 0.3 is 0 Å². The molecule has 0 aromatic heterocycles. The van der Waals surface area contributed by atoms with Crippen molar-refractivity contribution < 1.29 is 18.1 Å². The zero-order valence-electron chi connectivity index (χ0n) is 13.9. The molecule has 0 saturated carbocycles. The number of benzene rings is 2. The van der Waals surface area contributed by atoms with E-state index in [0.717, 1.165) is 11.0 Å². The largest absolute Gasteiger partial charge is 0.300 e. The van der Waals surface area contributed by atoms with Crippen LogP contribution in [0.3, 0.4) is 0 Å². The van der Waals surface area contributed by atoms with E-state index in [-0.39, 0.29) is 17.0 Å². The second-order valence-corrected chi connectivity index (χ2v) is 7.97. The van der Waals surface area contributed by atoms with Crippen molar-refractivity contribution in [1.82, 2.24) is 0 Å². The number of anilines is 1. The number of nitro groups is 1. The maximum Gasteiger partial charge on any atom is 0.270 e. The number of nitro benzene ring substituents is 1. The highest BCUT2D eigenvalue weighted by atomic mass is 32.2. The Morgan fingerprint density at radius 2 is 1.88 bits per heavy atom. The van der Waals surface area contributed by atoms with Gasteiger partial charge in [0.2, 0.25) is 0 Å². The monoisotopic (exact) mass is 372 g/mol. The number of nitrogens with zero attached hydrogens (tertiary/aromatic N) is 2. The first-order valence-corrected chi connectivity index (χ1v) is 9.54. The highest BCUT2D eigenvalue weighted by molar-refractivity contribution is 7.94. The summed E-state index contributed by atoms with van der Waals surface area (Å²) in [6.45, 7) is 1.90. The Labute approximate surface area is 150 Å². The van der Waals surface area contributed by atoms with E-state index in [9.17, 15) is 23.3 Å². The van der Waals surface area contributed by atoms with Crippen LogP contribution in [0.15, 0.2) is 60.0 Å². The number of carbonyl (C=O) groups is 1. The number of non-ortho nitro benzene ring substituents is 1. The summed E-state index contributed by atoms with van der Waals surface area (Å²) in [7, 11) is -3.38. The zero-order valence-corrected chi connectivity index (χ0v) is 14.7. The predicted molar refractivity (Wildman–Crippen MR) is 97.8 cm³/mol. The molecule has 0 fully saturated rings. The normalized spacial score (nSPS) is 17.8. The molecule has 134 valence electrons. The standard InChI is InChI=1S/C18H16N2O5S/c1-13-5-7-15(8-6-13)19(17-9-10-26(24,25)12-17)18(21)14-3-2-4-16(11-14)20(22)23/h2-11,17H,12H2,1H3/t17-/m1/s1. The third-order valence-corrected chi connectivity index (χ3v) is 5.46. The van der Waals surface area contributed by atoms with Crippen LogP contribution >= 0.6 is 0 Å². The lowest BCUT2D eigenvalue weighted by Gasteiger charge is -2.28. The van der Waals surface area contributed by atoms with Crippen LogP contribution in [0.25, 0.3) is 0 Å². The number of sulfone groups is 1. The molecule has 26 heavy (non-hydrogen) atoms. The Morgan fingerprint density at radius 3 is 2.46 bits per heavy atom. The number of hydrogen-bond donors (Lipinski definition) is 0. The molecule has 2 aromatic rings. The van der Waals surface area contributed by atoms with Crippen molar-refractivity contribution in [1.29, 1.82) is 0 Å². The molecule has 8 heteroatoms. The molecule has 1 aliphatic heterocycles. The molecule has 1 atom stereocenters. The lowest BCUT2D eigenvalue weighted by molar-refractivity contribution is -0.384. The van der Waals surface area contributed by atoms with Crippen LogP contribution in [-0.4, -0.2) is 31.0 Å². The minimum Gasteiger partial charge on any atom is -0.300 e. The van der Waals surface area contributed by atoms with Crippen molar-refractivity contribution in [3.8, 4) is 0 Å².